The largest absolute Gasteiger partial charge is 0.503 e. The first-order valence-corrected chi connectivity index (χ1v) is 8.97. The second kappa shape index (κ2) is 7.12. The standard InChI is InChI=1S/C18H14ClF2N3O5/c19-12-10(20)2-1-8(13(12)21)5-22-17(27)9-6-23-7-11-24(3-4-29-11)18(28)14(23)16(26)15(9)25/h1-2,6,11,26H,3-5,7H2,(H,22,27). The van der Waals surface area contributed by atoms with Crippen LogP contribution < -0.4 is 10.7 Å². The molecule has 11 heteroatoms. The first kappa shape index (κ1) is 19.3. The minimum atomic E-state index is -1.03. The fourth-order valence-electron chi connectivity index (χ4n) is 3.36. The van der Waals surface area contributed by atoms with Gasteiger partial charge in [-0.1, -0.05) is 17.7 Å². The van der Waals surface area contributed by atoms with Crippen LogP contribution in [0.25, 0.3) is 0 Å². The van der Waals surface area contributed by atoms with Gasteiger partial charge in [-0.2, -0.15) is 0 Å². The lowest BCUT2D eigenvalue weighted by Gasteiger charge is -2.31. The van der Waals surface area contributed by atoms with Gasteiger partial charge in [0.2, 0.25) is 5.43 Å². The van der Waals surface area contributed by atoms with E-state index in [4.69, 9.17) is 16.3 Å². The summed E-state index contributed by atoms with van der Waals surface area (Å²) in [6.07, 6.45) is 0.598. The van der Waals surface area contributed by atoms with Crippen molar-refractivity contribution in [2.24, 2.45) is 0 Å². The van der Waals surface area contributed by atoms with Crippen LogP contribution in [0.15, 0.2) is 23.1 Å². The van der Waals surface area contributed by atoms with Crippen molar-refractivity contribution in [2.45, 2.75) is 19.3 Å². The van der Waals surface area contributed by atoms with Gasteiger partial charge in [-0.15, -0.1) is 0 Å². The highest BCUT2D eigenvalue weighted by Gasteiger charge is 2.39. The molecule has 8 nitrogen and oxygen atoms in total. The van der Waals surface area contributed by atoms with Gasteiger partial charge in [0.15, 0.2) is 17.7 Å². The van der Waals surface area contributed by atoms with Crippen LogP contribution in [0.3, 0.4) is 0 Å². The number of hydrogen-bond acceptors (Lipinski definition) is 5. The van der Waals surface area contributed by atoms with E-state index in [-0.39, 0.29) is 24.3 Å². The summed E-state index contributed by atoms with van der Waals surface area (Å²) in [6.45, 7) is 0.433. The molecule has 0 spiro atoms. The van der Waals surface area contributed by atoms with E-state index in [1.165, 1.54) is 9.47 Å². The number of aromatic hydroxyl groups is 1. The SMILES string of the molecule is O=C(NCc1ccc(F)c(Cl)c1F)c1cn2c(c(O)c1=O)C(=O)N1CCOC1C2. The number of rotatable bonds is 3. The molecule has 1 saturated heterocycles. The molecule has 0 bridgehead atoms. The monoisotopic (exact) mass is 425 g/mol. The summed E-state index contributed by atoms with van der Waals surface area (Å²) in [5.74, 6) is -4.28. The third-order valence-electron chi connectivity index (χ3n) is 4.86. The highest BCUT2D eigenvalue weighted by Crippen LogP contribution is 2.26. The van der Waals surface area contributed by atoms with Crippen LogP contribution in [0, 0.1) is 11.6 Å². The highest BCUT2D eigenvalue weighted by atomic mass is 35.5. The number of halogens is 3. The topological polar surface area (TPSA) is 101 Å². The molecule has 0 saturated carbocycles. The van der Waals surface area contributed by atoms with Crippen LogP contribution in [0.5, 0.6) is 5.75 Å². The van der Waals surface area contributed by atoms with Crippen LogP contribution in [0.1, 0.15) is 26.4 Å². The predicted octanol–water partition coefficient (Wildman–Crippen LogP) is 1.23. The number of ether oxygens (including phenoxy) is 1. The predicted molar refractivity (Wildman–Crippen MR) is 95.7 cm³/mol. The van der Waals surface area contributed by atoms with Crippen molar-refractivity contribution in [1.82, 2.24) is 14.8 Å². The Kier molecular flexibility index (Phi) is 4.75. The summed E-state index contributed by atoms with van der Waals surface area (Å²) in [5, 5.41) is 11.9. The molecule has 1 aromatic heterocycles. The fourth-order valence-corrected chi connectivity index (χ4v) is 3.55. The molecule has 2 N–H and O–H groups in total. The van der Waals surface area contributed by atoms with Gasteiger partial charge in [-0.25, -0.2) is 8.78 Å². The maximum atomic E-state index is 14.0. The highest BCUT2D eigenvalue weighted by molar-refractivity contribution is 6.30. The molecule has 2 aromatic rings. The van der Waals surface area contributed by atoms with E-state index >= 15 is 0 Å². The molecule has 2 amide bonds. The number of amides is 2. The van der Waals surface area contributed by atoms with Crippen molar-refractivity contribution < 1.29 is 28.2 Å². The number of benzene rings is 1. The number of nitrogens with zero attached hydrogens (tertiary/aromatic N) is 2. The van der Waals surface area contributed by atoms with Gasteiger partial charge in [-0.05, 0) is 6.07 Å². The maximum Gasteiger partial charge on any atom is 0.276 e. The Balaban J connectivity index is 1.62. The Morgan fingerprint density at radius 1 is 1.34 bits per heavy atom. The van der Waals surface area contributed by atoms with E-state index in [0.717, 1.165) is 18.3 Å². The first-order valence-electron chi connectivity index (χ1n) is 8.59. The van der Waals surface area contributed by atoms with Crippen LogP contribution in [0.4, 0.5) is 8.78 Å². The van der Waals surface area contributed by atoms with Gasteiger partial charge in [0, 0.05) is 24.8 Å². The number of nitrogens with one attached hydrogen (secondary N) is 1. The lowest BCUT2D eigenvalue weighted by Crippen LogP contribution is -2.46. The van der Waals surface area contributed by atoms with Gasteiger partial charge in [-0.3, -0.25) is 14.4 Å². The number of aromatic nitrogens is 1. The van der Waals surface area contributed by atoms with E-state index in [2.05, 4.69) is 5.32 Å². The van der Waals surface area contributed by atoms with E-state index in [9.17, 15) is 28.3 Å². The molecular formula is C18H14ClF2N3O5. The zero-order valence-corrected chi connectivity index (χ0v) is 15.5. The van der Waals surface area contributed by atoms with Crippen LogP contribution in [-0.4, -0.2) is 45.8 Å². The maximum absolute atomic E-state index is 14.0. The van der Waals surface area contributed by atoms with Crippen molar-refractivity contribution in [3.8, 4) is 5.75 Å². The Morgan fingerprint density at radius 2 is 2.10 bits per heavy atom. The van der Waals surface area contributed by atoms with E-state index < -0.39 is 51.4 Å². The first-order chi connectivity index (χ1) is 13.8. The van der Waals surface area contributed by atoms with Crippen LogP contribution >= 0.6 is 11.6 Å². The van der Waals surface area contributed by atoms with Gasteiger partial charge >= 0.3 is 0 Å². The molecule has 1 fully saturated rings. The molecule has 2 aliphatic rings. The third kappa shape index (κ3) is 3.14. The van der Waals surface area contributed by atoms with Gasteiger partial charge < -0.3 is 24.6 Å². The molecular weight excluding hydrogens is 412 g/mol. The average Bonchev–Trinajstić information content (AvgIpc) is 3.17. The van der Waals surface area contributed by atoms with Gasteiger partial charge in [0.25, 0.3) is 11.8 Å². The molecule has 1 atom stereocenters. The van der Waals surface area contributed by atoms with Crippen molar-refractivity contribution in [2.75, 3.05) is 13.2 Å². The summed E-state index contributed by atoms with van der Waals surface area (Å²) in [5.41, 5.74) is -1.76. The van der Waals surface area contributed by atoms with Gasteiger partial charge in [0.1, 0.15) is 22.2 Å². The summed E-state index contributed by atoms with van der Waals surface area (Å²) in [4.78, 5) is 38.8. The van der Waals surface area contributed by atoms with E-state index in [1.807, 2.05) is 0 Å². The smallest absolute Gasteiger partial charge is 0.276 e. The molecule has 0 aliphatic carbocycles. The van der Waals surface area contributed by atoms with Crippen molar-refractivity contribution >= 4 is 23.4 Å². The molecule has 1 unspecified atom stereocenters. The number of carbonyl (C=O) groups excluding carboxylic acids is 2. The van der Waals surface area contributed by atoms with E-state index in [0.29, 0.717) is 13.2 Å². The summed E-state index contributed by atoms with van der Waals surface area (Å²) in [6, 6.07) is 2.06. The normalized spacial score (nSPS) is 17.8. The molecule has 152 valence electrons. The lowest BCUT2D eigenvalue weighted by atomic mass is 10.1. The number of carbonyl (C=O) groups is 2. The summed E-state index contributed by atoms with van der Waals surface area (Å²) >= 11 is 5.50. The van der Waals surface area contributed by atoms with Crippen molar-refractivity contribution in [3.05, 3.63) is 62.0 Å². The van der Waals surface area contributed by atoms with E-state index in [1.54, 1.807) is 0 Å². The average molecular weight is 426 g/mol. The second-order valence-electron chi connectivity index (χ2n) is 6.56. The molecule has 29 heavy (non-hydrogen) atoms. The Labute approximate surface area is 167 Å². The van der Waals surface area contributed by atoms with Gasteiger partial charge in [0.05, 0.1) is 13.2 Å². The third-order valence-corrected chi connectivity index (χ3v) is 5.21. The molecule has 4 rings (SSSR count). The molecule has 0 radical (unpaired) electrons. The summed E-state index contributed by atoms with van der Waals surface area (Å²) in [7, 11) is 0. The quantitative estimate of drug-likeness (QED) is 0.720. The van der Waals surface area contributed by atoms with Crippen molar-refractivity contribution in [3.63, 3.8) is 0 Å². The van der Waals surface area contributed by atoms with Crippen LogP contribution in [0.2, 0.25) is 5.02 Å². The second-order valence-corrected chi connectivity index (χ2v) is 6.94. The summed E-state index contributed by atoms with van der Waals surface area (Å²) < 4.78 is 33.9. The molecule has 3 heterocycles. The Hall–Kier alpha value is -2.98. The fraction of sp³-hybridized carbons (Fsp3) is 0.278. The number of pyridine rings is 1. The zero-order chi connectivity index (χ0) is 20.9. The lowest BCUT2D eigenvalue weighted by molar-refractivity contribution is 0.00845. The molecule has 2 aliphatic heterocycles. The van der Waals surface area contributed by atoms with Crippen molar-refractivity contribution in [1.29, 1.82) is 0 Å². The Bertz CT molecular complexity index is 1100. The minimum absolute atomic E-state index is 0.0859. The number of hydrogen-bond donors (Lipinski definition) is 2. The zero-order valence-electron chi connectivity index (χ0n) is 14.7. The molecule has 1 aromatic carbocycles. The Morgan fingerprint density at radius 3 is 2.86 bits per heavy atom. The minimum Gasteiger partial charge on any atom is -0.503 e. The van der Waals surface area contributed by atoms with Crippen LogP contribution in [-0.2, 0) is 17.8 Å². The number of fused-ring (bicyclic) bond motifs is 2.